The molecule has 0 aromatic heterocycles. The number of esters is 1. The fraction of sp³-hybridized carbons (Fsp3) is 0.714. The van der Waals surface area contributed by atoms with E-state index >= 15 is 0 Å². The summed E-state index contributed by atoms with van der Waals surface area (Å²) in [5.41, 5.74) is 0. The van der Waals surface area contributed by atoms with Gasteiger partial charge in [0.05, 0.1) is 25.9 Å². The Labute approximate surface area is 77.7 Å². The number of ether oxygens (including phenoxy) is 1. The number of hydrogen-bond acceptors (Lipinski definition) is 3. The molecule has 0 amide bonds. The van der Waals surface area contributed by atoms with Gasteiger partial charge in [0.2, 0.25) is 0 Å². The second-order valence-electron chi connectivity index (χ2n) is 2.48. The highest BCUT2D eigenvalue weighted by Gasteiger charge is 2.27. The standard InChI is InChI=1S/C7H9F3O4/c8-7(9,10)3-4-14-6(13)2-1-5(11)12/h1-4H2,(H,11,12). The lowest BCUT2D eigenvalue weighted by molar-refractivity contribution is -0.160. The maximum atomic E-state index is 11.5. The second-order valence-corrected chi connectivity index (χ2v) is 2.48. The van der Waals surface area contributed by atoms with Gasteiger partial charge in [-0.1, -0.05) is 0 Å². The zero-order chi connectivity index (χ0) is 11.2. The Morgan fingerprint density at radius 2 is 1.79 bits per heavy atom. The molecular formula is C7H9F3O4. The van der Waals surface area contributed by atoms with E-state index < -0.39 is 44.0 Å². The van der Waals surface area contributed by atoms with Gasteiger partial charge in [-0.2, -0.15) is 13.2 Å². The molecule has 0 rings (SSSR count). The Bertz CT molecular complexity index is 211. The Morgan fingerprint density at radius 1 is 1.21 bits per heavy atom. The van der Waals surface area contributed by atoms with E-state index in [2.05, 4.69) is 4.74 Å². The van der Waals surface area contributed by atoms with Gasteiger partial charge in [0.1, 0.15) is 0 Å². The second kappa shape index (κ2) is 5.46. The molecule has 0 aromatic carbocycles. The molecule has 0 unspecified atom stereocenters. The minimum absolute atomic E-state index is 0.410. The Kier molecular flexibility index (Phi) is 4.96. The molecule has 0 saturated carbocycles. The van der Waals surface area contributed by atoms with E-state index in [1.807, 2.05) is 0 Å². The first-order valence-electron chi connectivity index (χ1n) is 3.75. The molecular weight excluding hydrogens is 205 g/mol. The SMILES string of the molecule is O=C(O)CCC(=O)OCCC(F)(F)F. The molecule has 7 heteroatoms. The summed E-state index contributed by atoms with van der Waals surface area (Å²) in [4.78, 5) is 20.5. The van der Waals surface area contributed by atoms with Crippen molar-refractivity contribution in [1.29, 1.82) is 0 Å². The van der Waals surface area contributed by atoms with Crippen molar-refractivity contribution in [1.82, 2.24) is 0 Å². The largest absolute Gasteiger partial charge is 0.481 e. The lowest BCUT2D eigenvalue weighted by Gasteiger charge is -2.06. The molecule has 4 nitrogen and oxygen atoms in total. The van der Waals surface area contributed by atoms with E-state index in [1.165, 1.54) is 0 Å². The Balaban J connectivity index is 3.50. The van der Waals surface area contributed by atoms with Crippen molar-refractivity contribution in [3.05, 3.63) is 0 Å². The molecule has 0 heterocycles. The smallest absolute Gasteiger partial charge is 0.392 e. The van der Waals surface area contributed by atoms with Crippen LogP contribution in [0, 0.1) is 0 Å². The average Bonchev–Trinajstić information content (AvgIpc) is 1.98. The molecule has 0 aromatic rings. The fourth-order valence-corrected chi connectivity index (χ4v) is 0.562. The highest BCUT2D eigenvalue weighted by molar-refractivity contribution is 5.76. The number of hydrogen-bond donors (Lipinski definition) is 1. The van der Waals surface area contributed by atoms with Gasteiger partial charge in [-0.25, -0.2) is 0 Å². The molecule has 0 bridgehead atoms. The first-order chi connectivity index (χ1) is 6.31. The van der Waals surface area contributed by atoms with Crippen LogP contribution >= 0.6 is 0 Å². The lowest BCUT2D eigenvalue weighted by atomic mass is 10.3. The van der Waals surface area contributed by atoms with Gasteiger partial charge in [0.15, 0.2) is 0 Å². The van der Waals surface area contributed by atoms with E-state index in [0.717, 1.165) is 0 Å². The third kappa shape index (κ3) is 8.82. The normalized spacial score (nSPS) is 11.1. The summed E-state index contributed by atoms with van der Waals surface area (Å²) >= 11 is 0. The van der Waals surface area contributed by atoms with Crippen molar-refractivity contribution in [3.8, 4) is 0 Å². The predicted octanol–water partition coefficient (Wildman–Crippen LogP) is 1.35. The van der Waals surface area contributed by atoms with Gasteiger partial charge in [0.25, 0.3) is 0 Å². The van der Waals surface area contributed by atoms with Crippen molar-refractivity contribution in [2.45, 2.75) is 25.4 Å². The zero-order valence-corrected chi connectivity index (χ0v) is 7.13. The van der Waals surface area contributed by atoms with Gasteiger partial charge < -0.3 is 9.84 Å². The highest BCUT2D eigenvalue weighted by atomic mass is 19.4. The highest BCUT2D eigenvalue weighted by Crippen LogP contribution is 2.19. The summed E-state index contributed by atoms with van der Waals surface area (Å²) in [6, 6.07) is 0. The lowest BCUT2D eigenvalue weighted by Crippen LogP contribution is -2.15. The third-order valence-electron chi connectivity index (χ3n) is 1.19. The van der Waals surface area contributed by atoms with Crippen molar-refractivity contribution in [3.63, 3.8) is 0 Å². The van der Waals surface area contributed by atoms with Gasteiger partial charge >= 0.3 is 18.1 Å². The first-order valence-corrected chi connectivity index (χ1v) is 3.75. The number of carboxylic acid groups (broad SMARTS) is 1. The molecule has 0 spiro atoms. The number of aliphatic carboxylic acids is 1. The minimum atomic E-state index is -4.37. The maximum absolute atomic E-state index is 11.5. The van der Waals surface area contributed by atoms with E-state index in [4.69, 9.17) is 5.11 Å². The van der Waals surface area contributed by atoms with Gasteiger partial charge in [-0.15, -0.1) is 0 Å². The molecule has 0 saturated heterocycles. The number of carbonyl (C=O) groups excluding carboxylic acids is 1. The van der Waals surface area contributed by atoms with E-state index in [-0.39, 0.29) is 0 Å². The van der Waals surface area contributed by atoms with Gasteiger partial charge in [-0.05, 0) is 0 Å². The van der Waals surface area contributed by atoms with Crippen LogP contribution in [0.2, 0.25) is 0 Å². The van der Waals surface area contributed by atoms with Crippen LogP contribution in [0.4, 0.5) is 13.2 Å². The molecule has 0 aliphatic rings. The maximum Gasteiger partial charge on any atom is 0.392 e. The summed E-state index contributed by atoms with van der Waals surface area (Å²) in [6.07, 6.45) is -6.43. The Hall–Kier alpha value is -1.27. The summed E-state index contributed by atoms with van der Waals surface area (Å²) < 4.78 is 38.8. The molecule has 0 aliphatic carbocycles. The van der Waals surface area contributed by atoms with Crippen molar-refractivity contribution >= 4 is 11.9 Å². The van der Waals surface area contributed by atoms with E-state index in [9.17, 15) is 22.8 Å². The topological polar surface area (TPSA) is 63.6 Å². The van der Waals surface area contributed by atoms with Crippen LogP contribution in [0.15, 0.2) is 0 Å². The minimum Gasteiger partial charge on any atom is -0.481 e. The first kappa shape index (κ1) is 12.7. The van der Waals surface area contributed by atoms with Crippen LogP contribution in [0.5, 0.6) is 0 Å². The molecule has 0 aliphatic heterocycles. The van der Waals surface area contributed by atoms with E-state index in [1.54, 1.807) is 0 Å². The van der Waals surface area contributed by atoms with Crippen molar-refractivity contribution < 1.29 is 32.6 Å². The fourth-order valence-electron chi connectivity index (χ4n) is 0.562. The molecule has 14 heavy (non-hydrogen) atoms. The summed E-state index contributed by atoms with van der Waals surface area (Å²) in [6.45, 7) is -0.762. The third-order valence-corrected chi connectivity index (χ3v) is 1.19. The summed E-state index contributed by atoms with van der Waals surface area (Å²) in [5, 5.41) is 8.13. The van der Waals surface area contributed by atoms with Crippen LogP contribution < -0.4 is 0 Å². The number of carbonyl (C=O) groups is 2. The average molecular weight is 214 g/mol. The number of halogens is 3. The number of rotatable bonds is 5. The van der Waals surface area contributed by atoms with Crippen LogP contribution in [0.3, 0.4) is 0 Å². The van der Waals surface area contributed by atoms with Crippen molar-refractivity contribution in [2.24, 2.45) is 0 Å². The summed E-state index contributed by atoms with van der Waals surface area (Å²) in [7, 11) is 0. The van der Waals surface area contributed by atoms with Crippen LogP contribution in [-0.4, -0.2) is 29.8 Å². The summed E-state index contributed by atoms with van der Waals surface area (Å²) in [5.74, 6) is -2.13. The molecule has 82 valence electrons. The van der Waals surface area contributed by atoms with Gasteiger partial charge in [0, 0.05) is 0 Å². The monoisotopic (exact) mass is 214 g/mol. The number of carboxylic acids is 1. The van der Waals surface area contributed by atoms with Crippen LogP contribution in [-0.2, 0) is 14.3 Å². The molecule has 0 fully saturated rings. The van der Waals surface area contributed by atoms with Crippen LogP contribution in [0.25, 0.3) is 0 Å². The zero-order valence-electron chi connectivity index (χ0n) is 7.13. The molecule has 0 radical (unpaired) electrons. The van der Waals surface area contributed by atoms with E-state index in [0.29, 0.717) is 0 Å². The predicted molar refractivity (Wildman–Crippen MR) is 38.5 cm³/mol. The quantitative estimate of drug-likeness (QED) is 0.701. The van der Waals surface area contributed by atoms with Crippen LogP contribution in [0.1, 0.15) is 19.3 Å². The number of alkyl halides is 3. The molecule has 1 N–H and O–H groups in total. The van der Waals surface area contributed by atoms with Gasteiger partial charge in [-0.3, -0.25) is 9.59 Å². The molecule has 0 atom stereocenters. The van der Waals surface area contributed by atoms with Crippen molar-refractivity contribution in [2.75, 3.05) is 6.61 Å². The Morgan fingerprint density at radius 3 is 2.21 bits per heavy atom.